The van der Waals surface area contributed by atoms with Crippen LogP contribution in [0.1, 0.15) is 120 Å². The first-order valence-electron chi connectivity index (χ1n) is 28.8. The van der Waals surface area contributed by atoms with E-state index in [1.807, 2.05) is 186 Å². The average molecular weight is 1190 g/mol. The molecule has 11 nitrogen and oxygen atoms in total. The normalized spacial score (nSPS) is 10.9. The molecule has 0 radical (unpaired) electrons. The topological polar surface area (TPSA) is 155 Å². The largest absolute Gasteiger partial charge is 0.496 e. The molecule has 0 atom stereocenters. The fourth-order valence-corrected chi connectivity index (χ4v) is 8.62. The van der Waals surface area contributed by atoms with Crippen LogP contribution < -0.4 is 31.3 Å². The number of aryl methyl sites for hydroxylation is 6. The van der Waals surface area contributed by atoms with Crippen molar-refractivity contribution in [1.82, 2.24) is 26.6 Å². The predicted octanol–water partition coefficient (Wildman–Crippen LogP) is 14.9. The van der Waals surface area contributed by atoms with E-state index in [0.717, 1.165) is 57.0 Å². The Hall–Kier alpha value is -9.65. The SMILES string of the molecule is COc1ccccc1C(=O)NCc1ccc(C)cc1.Cc1ccc(CNC(=O)c2ccccc2C)c(F)c1.Cc1ccc(CNC(=O)c2ccccc2C)cc1.Cc1ccc(CNC(=O)c2ccccc2Cl)cc1.O=C(NCC1CC1)c1ccccc1. The molecule has 1 aliphatic carbocycles. The summed E-state index contributed by atoms with van der Waals surface area (Å²) in [7, 11) is 1.56. The summed E-state index contributed by atoms with van der Waals surface area (Å²) in [6, 6.07) is 67.8. The monoisotopic (exact) mass is 1190 g/mol. The van der Waals surface area contributed by atoms with Gasteiger partial charge >= 0.3 is 0 Å². The van der Waals surface area contributed by atoms with Gasteiger partial charge in [0.15, 0.2) is 0 Å². The Kier molecular flexibility index (Phi) is 26.7. The van der Waals surface area contributed by atoms with Crippen molar-refractivity contribution in [2.24, 2.45) is 5.92 Å². The third kappa shape index (κ3) is 23.0. The van der Waals surface area contributed by atoms with Gasteiger partial charge in [-0.1, -0.05) is 192 Å². The van der Waals surface area contributed by atoms with Gasteiger partial charge in [0, 0.05) is 55.0 Å². The highest BCUT2D eigenvalue weighted by Crippen LogP contribution is 2.27. The van der Waals surface area contributed by atoms with Crippen LogP contribution in [0.15, 0.2) is 218 Å². The summed E-state index contributed by atoms with van der Waals surface area (Å²) >= 11 is 5.96. The summed E-state index contributed by atoms with van der Waals surface area (Å²) in [6.45, 7) is 14.4. The third-order valence-electron chi connectivity index (χ3n) is 13.9. The maximum absolute atomic E-state index is 13.6. The van der Waals surface area contributed by atoms with Gasteiger partial charge in [-0.25, -0.2) is 4.39 Å². The number of carbonyl (C=O) groups excluding carboxylic acids is 5. The third-order valence-corrected chi connectivity index (χ3v) is 14.2. The number of hydrogen-bond acceptors (Lipinski definition) is 6. The molecule has 1 fully saturated rings. The molecule has 5 amide bonds. The molecule has 0 aromatic heterocycles. The summed E-state index contributed by atoms with van der Waals surface area (Å²) in [5.74, 6) is 0.611. The van der Waals surface area contributed by atoms with Gasteiger partial charge in [-0.2, -0.15) is 0 Å². The second kappa shape index (κ2) is 35.0. The molecule has 13 heteroatoms. The lowest BCUT2D eigenvalue weighted by Crippen LogP contribution is -2.25. The van der Waals surface area contributed by atoms with Crippen molar-refractivity contribution in [3.05, 3.63) is 313 Å². The van der Waals surface area contributed by atoms with E-state index in [9.17, 15) is 28.4 Å². The molecule has 0 aliphatic heterocycles. The van der Waals surface area contributed by atoms with Crippen molar-refractivity contribution in [2.45, 2.75) is 80.6 Å². The summed E-state index contributed by atoms with van der Waals surface area (Å²) in [5, 5.41) is 14.8. The van der Waals surface area contributed by atoms with Gasteiger partial charge in [-0.3, -0.25) is 24.0 Å². The van der Waals surface area contributed by atoms with Crippen LogP contribution in [0.5, 0.6) is 5.75 Å². The first kappa shape index (κ1) is 66.5. The summed E-state index contributed by atoms with van der Waals surface area (Å²) in [5.41, 5.74) is 13.3. The Labute approximate surface area is 516 Å². The second-order valence-corrected chi connectivity index (χ2v) is 21.5. The van der Waals surface area contributed by atoms with E-state index in [2.05, 4.69) is 45.6 Å². The highest BCUT2D eigenvalue weighted by Gasteiger charge is 2.22. The van der Waals surface area contributed by atoms with Crippen molar-refractivity contribution in [1.29, 1.82) is 0 Å². The molecule has 5 N–H and O–H groups in total. The van der Waals surface area contributed by atoms with E-state index < -0.39 is 0 Å². The minimum absolute atomic E-state index is 0.0197. The van der Waals surface area contributed by atoms with E-state index in [-0.39, 0.29) is 41.9 Å². The van der Waals surface area contributed by atoms with E-state index in [4.69, 9.17) is 16.3 Å². The van der Waals surface area contributed by atoms with Gasteiger partial charge in [-0.15, -0.1) is 0 Å². The quantitative estimate of drug-likeness (QED) is 0.0649. The molecular formula is C74H77ClFN5O6. The molecule has 1 aliphatic rings. The van der Waals surface area contributed by atoms with E-state index in [1.54, 1.807) is 55.6 Å². The molecule has 1 saturated carbocycles. The molecule has 9 aromatic carbocycles. The highest BCUT2D eigenvalue weighted by molar-refractivity contribution is 6.33. The summed E-state index contributed by atoms with van der Waals surface area (Å²) in [4.78, 5) is 59.4. The van der Waals surface area contributed by atoms with Crippen LogP contribution in [-0.4, -0.2) is 43.2 Å². The molecule has 0 saturated heterocycles. The average Bonchev–Trinajstić information content (AvgIpc) is 4.45. The minimum atomic E-state index is -0.287. The van der Waals surface area contributed by atoms with Gasteiger partial charge in [-0.05, 0) is 148 Å². The molecule has 0 bridgehead atoms. The maximum Gasteiger partial charge on any atom is 0.255 e. The molecule has 9 aromatic rings. The number of halogens is 2. The number of para-hydroxylation sites is 1. The number of nitrogens with one attached hydrogen (secondary N) is 5. The second-order valence-electron chi connectivity index (χ2n) is 21.1. The number of benzene rings is 9. The van der Waals surface area contributed by atoms with Gasteiger partial charge in [0.25, 0.3) is 29.5 Å². The number of carbonyl (C=O) groups is 5. The number of hydrogen-bond donors (Lipinski definition) is 5. The van der Waals surface area contributed by atoms with Crippen molar-refractivity contribution < 1.29 is 33.1 Å². The van der Waals surface area contributed by atoms with Crippen LogP contribution in [0.3, 0.4) is 0 Å². The molecular weight excluding hydrogens is 1110 g/mol. The fraction of sp³-hybridized carbons (Fsp3) is 0.203. The molecule has 0 spiro atoms. The Bertz CT molecular complexity index is 3560. The van der Waals surface area contributed by atoms with E-state index >= 15 is 0 Å². The molecule has 0 heterocycles. The van der Waals surface area contributed by atoms with Crippen LogP contribution in [0.25, 0.3) is 0 Å². The van der Waals surface area contributed by atoms with Gasteiger partial charge in [0.2, 0.25) is 0 Å². The maximum atomic E-state index is 13.6. The summed E-state index contributed by atoms with van der Waals surface area (Å²) in [6.07, 6.45) is 2.55. The van der Waals surface area contributed by atoms with Crippen LogP contribution >= 0.6 is 11.6 Å². The van der Waals surface area contributed by atoms with Crippen LogP contribution in [0, 0.1) is 53.3 Å². The van der Waals surface area contributed by atoms with E-state index in [1.165, 1.54) is 35.6 Å². The lowest BCUT2D eigenvalue weighted by atomic mass is 10.1. The van der Waals surface area contributed by atoms with Gasteiger partial charge in [0.05, 0.1) is 23.3 Å². The smallest absolute Gasteiger partial charge is 0.255 e. The Morgan fingerprint density at radius 1 is 0.414 bits per heavy atom. The number of ether oxygens (including phenoxy) is 1. The first-order valence-corrected chi connectivity index (χ1v) is 29.2. The first-order chi connectivity index (χ1) is 42.0. The standard InChI is InChI=1S/C16H16FNO.C16H17NO2.C16H17NO.C15H14ClNO.C11H13NO/c1-11-7-8-13(15(17)9-11)10-18-16(19)14-6-4-3-5-12(14)2;1-12-7-9-13(10-8-12)11-17-16(18)14-5-3-4-6-15(14)19-2;1-12-7-9-14(10-8-12)11-17-16(18)15-6-4-3-5-13(15)2;1-11-6-8-12(9-7-11)10-17-15(18)13-4-2-3-5-14(13)16;13-11(12-8-9-6-7-9)10-4-2-1-3-5-10/h3-9H,10H2,1-2H3,(H,18,19);3-10H,11H2,1-2H3,(H,17,18);3-10H,11H2,1-2H3,(H,17,18);2-9H,10H2,1H3,(H,17,18);1-5,9H,6-8H2,(H,12,13). The lowest BCUT2D eigenvalue weighted by Gasteiger charge is -2.09. The summed E-state index contributed by atoms with van der Waals surface area (Å²) < 4.78 is 18.8. The number of methoxy groups -OCH3 is 1. The Morgan fingerprint density at radius 2 is 0.793 bits per heavy atom. The predicted molar refractivity (Wildman–Crippen MR) is 348 cm³/mol. The minimum Gasteiger partial charge on any atom is -0.496 e. The van der Waals surface area contributed by atoms with Gasteiger partial charge in [0.1, 0.15) is 11.6 Å². The zero-order valence-electron chi connectivity index (χ0n) is 50.5. The molecule has 0 unspecified atom stereocenters. The van der Waals surface area contributed by atoms with Crippen LogP contribution in [0.4, 0.5) is 4.39 Å². The molecule has 87 heavy (non-hydrogen) atoms. The van der Waals surface area contributed by atoms with Gasteiger partial charge < -0.3 is 31.3 Å². The molecule has 10 rings (SSSR count). The highest BCUT2D eigenvalue weighted by atomic mass is 35.5. The lowest BCUT2D eigenvalue weighted by molar-refractivity contribution is 0.0940. The van der Waals surface area contributed by atoms with Crippen LogP contribution in [0.2, 0.25) is 5.02 Å². The van der Waals surface area contributed by atoms with Crippen molar-refractivity contribution >= 4 is 41.1 Å². The zero-order chi connectivity index (χ0) is 62.5. The van der Waals surface area contributed by atoms with E-state index in [0.29, 0.717) is 52.7 Å². The molecule has 448 valence electrons. The van der Waals surface area contributed by atoms with Crippen molar-refractivity contribution in [3.63, 3.8) is 0 Å². The number of rotatable bonds is 16. The van der Waals surface area contributed by atoms with Crippen molar-refractivity contribution in [3.8, 4) is 5.75 Å². The Morgan fingerprint density at radius 3 is 1.23 bits per heavy atom. The number of amides is 5. The Balaban J connectivity index is 0.000000175. The van der Waals surface area contributed by atoms with Crippen molar-refractivity contribution in [2.75, 3.05) is 13.7 Å². The fourth-order valence-electron chi connectivity index (χ4n) is 8.40. The zero-order valence-corrected chi connectivity index (χ0v) is 51.3. The van der Waals surface area contributed by atoms with Crippen LogP contribution in [-0.2, 0) is 26.2 Å².